The molecule has 13 heavy (non-hydrogen) atoms. The van der Waals surface area contributed by atoms with E-state index in [9.17, 15) is 0 Å². The van der Waals surface area contributed by atoms with Crippen LogP contribution in [0.15, 0.2) is 33.2 Å². The first-order chi connectivity index (χ1) is 6.22. The minimum Gasteiger partial charge on any atom is -0.330 e. The van der Waals surface area contributed by atoms with E-state index in [1.807, 2.05) is 6.07 Å². The maximum Gasteiger partial charge on any atom is 0.0192 e. The van der Waals surface area contributed by atoms with Crippen LogP contribution in [-0.2, 0) is 0 Å². The molecule has 0 bridgehead atoms. The second-order valence-corrected chi connectivity index (χ2v) is 4.51. The molecule has 0 aliphatic carbocycles. The average molecular weight is 305 g/mol. The highest BCUT2D eigenvalue weighted by Crippen LogP contribution is 2.20. The fraction of sp³-hybridized carbons (Fsp3) is 0.200. The van der Waals surface area contributed by atoms with Gasteiger partial charge in [0.25, 0.3) is 0 Å². The van der Waals surface area contributed by atoms with Crippen molar-refractivity contribution in [1.82, 2.24) is 0 Å². The minimum atomic E-state index is 0.700. The highest BCUT2D eigenvalue weighted by molar-refractivity contribution is 9.11. The van der Waals surface area contributed by atoms with E-state index in [4.69, 9.17) is 5.73 Å². The molecular formula is C10H11Br2N. The van der Waals surface area contributed by atoms with Gasteiger partial charge in [0.1, 0.15) is 0 Å². The predicted octanol–water partition coefficient (Wildman–Crippen LogP) is 3.57. The van der Waals surface area contributed by atoms with Gasteiger partial charge < -0.3 is 5.73 Å². The Balaban J connectivity index is 2.77. The highest BCUT2D eigenvalue weighted by Gasteiger charge is 1.93. The topological polar surface area (TPSA) is 26.0 Å². The van der Waals surface area contributed by atoms with Gasteiger partial charge in [-0.25, -0.2) is 0 Å². The normalized spacial score (nSPS) is 11.0. The second-order valence-electron chi connectivity index (χ2n) is 2.68. The lowest BCUT2D eigenvalue weighted by Crippen LogP contribution is -1.94. The van der Waals surface area contributed by atoms with Crippen molar-refractivity contribution in [2.45, 2.75) is 6.42 Å². The Kier molecular flexibility index (Phi) is 4.70. The fourth-order valence-electron chi connectivity index (χ4n) is 0.987. The van der Waals surface area contributed by atoms with Gasteiger partial charge in [0.05, 0.1) is 0 Å². The lowest BCUT2D eigenvalue weighted by molar-refractivity contribution is 1.01. The Labute approximate surface area is 95.3 Å². The van der Waals surface area contributed by atoms with Crippen LogP contribution in [0.3, 0.4) is 0 Å². The number of rotatable bonds is 3. The molecule has 0 aliphatic rings. The van der Waals surface area contributed by atoms with Gasteiger partial charge in [-0.2, -0.15) is 0 Å². The van der Waals surface area contributed by atoms with Gasteiger partial charge in [0.15, 0.2) is 0 Å². The third-order valence-corrected chi connectivity index (χ3v) is 2.44. The van der Waals surface area contributed by atoms with E-state index in [2.05, 4.69) is 56.1 Å². The summed E-state index contributed by atoms with van der Waals surface area (Å²) >= 11 is 6.87. The summed E-state index contributed by atoms with van der Waals surface area (Å²) < 4.78 is 2.16. The van der Waals surface area contributed by atoms with Crippen LogP contribution >= 0.6 is 31.9 Å². The minimum absolute atomic E-state index is 0.700. The SMILES string of the molecule is NCC/C=C/c1cc(Br)cc(Br)c1. The van der Waals surface area contributed by atoms with Gasteiger partial charge in [-0.15, -0.1) is 0 Å². The monoisotopic (exact) mass is 303 g/mol. The summed E-state index contributed by atoms with van der Waals surface area (Å²) in [5.41, 5.74) is 6.56. The summed E-state index contributed by atoms with van der Waals surface area (Å²) in [6.07, 6.45) is 5.07. The molecule has 0 saturated carbocycles. The Morgan fingerprint density at radius 2 is 1.77 bits per heavy atom. The molecular weight excluding hydrogens is 294 g/mol. The lowest BCUT2D eigenvalue weighted by atomic mass is 10.2. The van der Waals surface area contributed by atoms with Crippen LogP contribution in [0.25, 0.3) is 6.08 Å². The van der Waals surface area contributed by atoms with E-state index in [1.165, 1.54) is 5.56 Å². The van der Waals surface area contributed by atoms with E-state index in [1.54, 1.807) is 0 Å². The van der Waals surface area contributed by atoms with Crippen LogP contribution in [0.4, 0.5) is 0 Å². The van der Waals surface area contributed by atoms with Crippen molar-refractivity contribution in [2.24, 2.45) is 5.73 Å². The average Bonchev–Trinajstić information content (AvgIpc) is 2.03. The third kappa shape index (κ3) is 4.07. The molecule has 1 aromatic rings. The first-order valence-electron chi connectivity index (χ1n) is 4.05. The summed E-state index contributed by atoms with van der Waals surface area (Å²) in [4.78, 5) is 0. The number of halogens is 2. The quantitative estimate of drug-likeness (QED) is 0.907. The molecule has 0 radical (unpaired) electrons. The zero-order valence-electron chi connectivity index (χ0n) is 7.13. The highest BCUT2D eigenvalue weighted by atomic mass is 79.9. The summed E-state index contributed by atoms with van der Waals surface area (Å²) in [5, 5.41) is 0. The van der Waals surface area contributed by atoms with Crippen molar-refractivity contribution < 1.29 is 0 Å². The molecule has 0 heterocycles. The molecule has 0 unspecified atom stereocenters. The van der Waals surface area contributed by atoms with Crippen LogP contribution in [0, 0.1) is 0 Å². The van der Waals surface area contributed by atoms with E-state index < -0.39 is 0 Å². The van der Waals surface area contributed by atoms with Crippen molar-refractivity contribution in [3.63, 3.8) is 0 Å². The summed E-state index contributed by atoms with van der Waals surface area (Å²) in [5.74, 6) is 0. The van der Waals surface area contributed by atoms with Crippen LogP contribution in [0.5, 0.6) is 0 Å². The third-order valence-electron chi connectivity index (χ3n) is 1.53. The largest absolute Gasteiger partial charge is 0.330 e. The van der Waals surface area contributed by atoms with Crippen molar-refractivity contribution in [1.29, 1.82) is 0 Å². The van der Waals surface area contributed by atoms with Crippen LogP contribution in [0.1, 0.15) is 12.0 Å². The van der Waals surface area contributed by atoms with Gasteiger partial charge in [-0.3, -0.25) is 0 Å². The van der Waals surface area contributed by atoms with Crippen LogP contribution < -0.4 is 5.73 Å². The number of hydrogen-bond donors (Lipinski definition) is 1. The van der Waals surface area contributed by atoms with E-state index >= 15 is 0 Å². The number of hydrogen-bond acceptors (Lipinski definition) is 1. The standard InChI is InChI=1S/C10H11Br2N/c11-9-5-8(3-1-2-4-13)6-10(12)7-9/h1,3,5-7H,2,4,13H2/b3-1+. The first kappa shape index (κ1) is 11.0. The zero-order valence-corrected chi connectivity index (χ0v) is 10.3. The lowest BCUT2D eigenvalue weighted by Gasteiger charge is -1.97. The zero-order chi connectivity index (χ0) is 9.68. The van der Waals surface area contributed by atoms with Gasteiger partial charge in [0.2, 0.25) is 0 Å². The van der Waals surface area contributed by atoms with Crippen molar-refractivity contribution in [3.8, 4) is 0 Å². The summed E-state index contributed by atoms with van der Waals surface area (Å²) in [7, 11) is 0. The van der Waals surface area contributed by atoms with Crippen LogP contribution in [0.2, 0.25) is 0 Å². The number of nitrogens with two attached hydrogens (primary N) is 1. The maximum atomic E-state index is 5.38. The van der Waals surface area contributed by atoms with Gasteiger partial charge in [-0.05, 0) is 36.7 Å². The molecule has 1 aromatic carbocycles. The van der Waals surface area contributed by atoms with E-state index in [-0.39, 0.29) is 0 Å². The van der Waals surface area contributed by atoms with Gasteiger partial charge in [0, 0.05) is 8.95 Å². The Hall–Kier alpha value is -0.120. The first-order valence-corrected chi connectivity index (χ1v) is 5.63. The number of benzene rings is 1. The molecule has 0 amide bonds. The maximum absolute atomic E-state index is 5.38. The molecule has 0 aliphatic heterocycles. The molecule has 0 fully saturated rings. The van der Waals surface area contributed by atoms with Crippen molar-refractivity contribution in [2.75, 3.05) is 6.54 Å². The van der Waals surface area contributed by atoms with E-state index in [0.717, 1.165) is 15.4 Å². The molecule has 0 saturated heterocycles. The molecule has 70 valence electrons. The van der Waals surface area contributed by atoms with Gasteiger partial charge in [-0.1, -0.05) is 44.0 Å². The van der Waals surface area contributed by atoms with E-state index in [0.29, 0.717) is 6.54 Å². The molecule has 3 heteroatoms. The second kappa shape index (κ2) is 5.58. The molecule has 2 N–H and O–H groups in total. The molecule has 0 atom stereocenters. The molecule has 1 nitrogen and oxygen atoms in total. The fourth-order valence-corrected chi connectivity index (χ4v) is 2.32. The van der Waals surface area contributed by atoms with Crippen LogP contribution in [-0.4, -0.2) is 6.54 Å². The van der Waals surface area contributed by atoms with Gasteiger partial charge >= 0.3 is 0 Å². The Morgan fingerprint density at radius 1 is 1.15 bits per heavy atom. The molecule has 0 spiro atoms. The smallest absolute Gasteiger partial charge is 0.0192 e. The van der Waals surface area contributed by atoms with Crippen molar-refractivity contribution >= 4 is 37.9 Å². The molecule has 1 rings (SSSR count). The van der Waals surface area contributed by atoms with Crippen molar-refractivity contribution in [3.05, 3.63) is 38.8 Å². The predicted molar refractivity (Wildman–Crippen MR) is 64.5 cm³/mol. The summed E-state index contributed by atoms with van der Waals surface area (Å²) in [6.45, 7) is 0.700. The Bertz CT molecular complexity index is 288. The Morgan fingerprint density at radius 3 is 2.31 bits per heavy atom. The summed E-state index contributed by atoms with van der Waals surface area (Å²) in [6, 6.07) is 6.15. The molecule has 0 aromatic heterocycles.